The van der Waals surface area contributed by atoms with Gasteiger partial charge in [-0.2, -0.15) is 0 Å². The van der Waals surface area contributed by atoms with Crippen LogP contribution in [-0.2, 0) is 10.5 Å². The molecular formula is C17H20N2O4S. The van der Waals surface area contributed by atoms with Crippen LogP contribution >= 0.6 is 11.8 Å². The van der Waals surface area contributed by atoms with Gasteiger partial charge in [-0.3, -0.25) is 9.78 Å². The molecule has 1 atom stereocenters. The molecule has 0 spiro atoms. The summed E-state index contributed by atoms with van der Waals surface area (Å²) in [4.78, 5) is 19.1. The van der Waals surface area contributed by atoms with Crippen LogP contribution in [0.1, 0.15) is 24.8 Å². The molecular weight excluding hydrogens is 328 g/mol. The van der Waals surface area contributed by atoms with Crippen molar-refractivity contribution in [3.8, 4) is 11.5 Å². The Bertz CT molecular complexity index is 711. The molecule has 1 N–H and O–H groups in total. The lowest BCUT2D eigenvalue weighted by molar-refractivity contribution is -0.106. The van der Waals surface area contributed by atoms with Crippen molar-refractivity contribution in [2.45, 2.75) is 36.5 Å². The van der Waals surface area contributed by atoms with Crippen molar-refractivity contribution in [3.05, 3.63) is 46.4 Å². The third kappa shape index (κ3) is 4.52. The van der Waals surface area contributed by atoms with Crippen LogP contribution in [0, 0.1) is 0 Å². The molecule has 1 aromatic heterocycles. The summed E-state index contributed by atoms with van der Waals surface area (Å²) in [5.74, 6) is 1.73. The van der Waals surface area contributed by atoms with Gasteiger partial charge in [0.05, 0.1) is 19.9 Å². The van der Waals surface area contributed by atoms with Crippen LogP contribution in [-0.4, -0.2) is 30.0 Å². The SMILES string of the molecule is COc1ccc(CSc2ncc(OC3CCCCO3)c(=O)[nH]2)cc1. The zero-order chi connectivity index (χ0) is 16.8. The number of H-pyrrole nitrogens is 1. The van der Waals surface area contributed by atoms with Crippen molar-refractivity contribution in [1.29, 1.82) is 0 Å². The quantitative estimate of drug-likeness (QED) is 0.639. The molecule has 3 rings (SSSR count). The molecule has 128 valence electrons. The predicted molar refractivity (Wildman–Crippen MR) is 91.6 cm³/mol. The van der Waals surface area contributed by atoms with E-state index in [1.54, 1.807) is 7.11 Å². The predicted octanol–water partition coefficient (Wildman–Crippen LogP) is 2.98. The molecule has 2 heterocycles. The van der Waals surface area contributed by atoms with Gasteiger partial charge in [0, 0.05) is 12.2 Å². The van der Waals surface area contributed by atoms with Crippen LogP contribution in [0.5, 0.6) is 11.5 Å². The topological polar surface area (TPSA) is 73.4 Å². The number of hydrogen-bond acceptors (Lipinski definition) is 6. The van der Waals surface area contributed by atoms with Gasteiger partial charge in [0.2, 0.25) is 5.75 Å². The molecule has 0 saturated carbocycles. The van der Waals surface area contributed by atoms with Gasteiger partial charge in [0.15, 0.2) is 11.4 Å². The van der Waals surface area contributed by atoms with E-state index in [2.05, 4.69) is 9.97 Å². The number of aromatic nitrogens is 2. The summed E-state index contributed by atoms with van der Waals surface area (Å²) >= 11 is 1.46. The lowest BCUT2D eigenvalue weighted by Gasteiger charge is -2.22. The van der Waals surface area contributed by atoms with Crippen molar-refractivity contribution < 1.29 is 14.2 Å². The van der Waals surface area contributed by atoms with E-state index in [4.69, 9.17) is 14.2 Å². The van der Waals surface area contributed by atoms with E-state index in [0.717, 1.165) is 30.6 Å². The van der Waals surface area contributed by atoms with Crippen LogP contribution in [0.25, 0.3) is 0 Å². The second kappa shape index (κ2) is 8.21. The van der Waals surface area contributed by atoms with Gasteiger partial charge >= 0.3 is 0 Å². The minimum Gasteiger partial charge on any atom is -0.497 e. The Kier molecular flexibility index (Phi) is 5.77. The maximum atomic E-state index is 12.1. The molecule has 1 saturated heterocycles. The first-order valence-electron chi connectivity index (χ1n) is 7.88. The highest BCUT2D eigenvalue weighted by atomic mass is 32.2. The standard InChI is InChI=1S/C17H20N2O4S/c1-21-13-7-5-12(6-8-13)11-24-17-18-10-14(16(20)19-17)23-15-4-2-3-9-22-15/h5-8,10,15H,2-4,9,11H2,1H3,(H,18,19,20). The number of rotatable bonds is 6. The largest absolute Gasteiger partial charge is 0.497 e. The summed E-state index contributed by atoms with van der Waals surface area (Å²) in [6.45, 7) is 0.672. The lowest BCUT2D eigenvalue weighted by Crippen LogP contribution is -2.27. The highest BCUT2D eigenvalue weighted by Gasteiger charge is 2.17. The van der Waals surface area contributed by atoms with Gasteiger partial charge in [0.25, 0.3) is 5.56 Å². The Morgan fingerprint density at radius 3 is 2.83 bits per heavy atom. The first kappa shape index (κ1) is 16.9. The Morgan fingerprint density at radius 1 is 1.33 bits per heavy atom. The Morgan fingerprint density at radius 2 is 2.17 bits per heavy atom. The number of thioether (sulfide) groups is 1. The smallest absolute Gasteiger partial charge is 0.294 e. The lowest BCUT2D eigenvalue weighted by atomic mass is 10.2. The average Bonchev–Trinajstić information content (AvgIpc) is 2.63. The van der Waals surface area contributed by atoms with E-state index >= 15 is 0 Å². The van der Waals surface area contributed by atoms with Crippen molar-refractivity contribution >= 4 is 11.8 Å². The fourth-order valence-electron chi connectivity index (χ4n) is 2.34. The number of hydrogen-bond donors (Lipinski definition) is 1. The minimum absolute atomic E-state index is 0.204. The van der Waals surface area contributed by atoms with Crippen LogP contribution in [0.4, 0.5) is 0 Å². The van der Waals surface area contributed by atoms with E-state index in [0.29, 0.717) is 17.5 Å². The van der Waals surface area contributed by atoms with Gasteiger partial charge in [-0.1, -0.05) is 23.9 Å². The average molecular weight is 348 g/mol. The summed E-state index contributed by atoms with van der Waals surface area (Å²) in [5.41, 5.74) is 0.843. The Labute approximate surface area is 144 Å². The van der Waals surface area contributed by atoms with E-state index in [1.165, 1.54) is 18.0 Å². The molecule has 1 aliphatic rings. The van der Waals surface area contributed by atoms with Crippen LogP contribution < -0.4 is 15.0 Å². The van der Waals surface area contributed by atoms with Gasteiger partial charge in [-0.05, 0) is 30.5 Å². The number of benzene rings is 1. The Balaban J connectivity index is 1.58. The maximum absolute atomic E-state index is 12.1. The highest BCUT2D eigenvalue weighted by molar-refractivity contribution is 7.98. The molecule has 0 radical (unpaired) electrons. The minimum atomic E-state index is -0.348. The molecule has 1 unspecified atom stereocenters. The summed E-state index contributed by atoms with van der Waals surface area (Å²) in [7, 11) is 1.64. The molecule has 1 aliphatic heterocycles. The van der Waals surface area contributed by atoms with Crippen LogP contribution in [0.15, 0.2) is 40.4 Å². The summed E-state index contributed by atoms with van der Waals surface area (Å²) in [6.07, 6.45) is 4.00. The van der Waals surface area contributed by atoms with Crippen LogP contribution in [0.3, 0.4) is 0 Å². The molecule has 7 heteroatoms. The fraction of sp³-hybridized carbons (Fsp3) is 0.412. The second-order valence-electron chi connectivity index (χ2n) is 5.43. The van der Waals surface area contributed by atoms with E-state index in [1.807, 2.05) is 24.3 Å². The normalized spacial score (nSPS) is 17.5. The van der Waals surface area contributed by atoms with Crippen molar-refractivity contribution in [2.24, 2.45) is 0 Å². The summed E-state index contributed by atoms with van der Waals surface area (Å²) in [5, 5.41) is 0.563. The molecule has 1 fully saturated rings. The van der Waals surface area contributed by atoms with Crippen molar-refractivity contribution in [2.75, 3.05) is 13.7 Å². The maximum Gasteiger partial charge on any atom is 0.294 e. The summed E-state index contributed by atoms with van der Waals surface area (Å²) < 4.78 is 16.2. The fourth-order valence-corrected chi connectivity index (χ4v) is 3.13. The summed E-state index contributed by atoms with van der Waals surface area (Å²) in [6, 6.07) is 7.80. The highest BCUT2D eigenvalue weighted by Crippen LogP contribution is 2.21. The zero-order valence-corrected chi connectivity index (χ0v) is 14.3. The Hall–Kier alpha value is -1.99. The van der Waals surface area contributed by atoms with E-state index in [9.17, 15) is 4.79 Å². The zero-order valence-electron chi connectivity index (χ0n) is 13.5. The van der Waals surface area contributed by atoms with E-state index in [-0.39, 0.29) is 17.6 Å². The van der Waals surface area contributed by atoms with E-state index < -0.39 is 0 Å². The molecule has 2 aromatic rings. The first-order valence-corrected chi connectivity index (χ1v) is 8.86. The van der Waals surface area contributed by atoms with Crippen molar-refractivity contribution in [1.82, 2.24) is 9.97 Å². The number of methoxy groups -OCH3 is 1. The molecule has 0 amide bonds. The van der Waals surface area contributed by atoms with Gasteiger partial charge in [-0.25, -0.2) is 4.98 Å². The molecule has 0 bridgehead atoms. The molecule has 1 aromatic carbocycles. The third-order valence-corrected chi connectivity index (χ3v) is 4.63. The van der Waals surface area contributed by atoms with Gasteiger partial charge < -0.3 is 14.2 Å². The monoisotopic (exact) mass is 348 g/mol. The molecule has 6 nitrogen and oxygen atoms in total. The van der Waals surface area contributed by atoms with Crippen molar-refractivity contribution in [3.63, 3.8) is 0 Å². The van der Waals surface area contributed by atoms with Gasteiger partial charge in [0.1, 0.15) is 5.75 Å². The van der Waals surface area contributed by atoms with Gasteiger partial charge in [-0.15, -0.1) is 0 Å². The first-order chi connectivity index (χ1) is 11.7. The number of aromatic amines is 1. The molecule has 0 aliphatic carbocycles. The number of nitrogens with one attached hydrogen (secondary N) is 1. The number of nitrogens with zero attached hydrogens (tertiary/aromatic N) is 1. The van der Waals surface area contributed by atoms with Crippen LogP contribution in [0.2, 0.25) is 0 Å². The molecule has 24 heavy (non-hydrogen) atoms. The third-order valence-electron chi connectivity index (χ3n) is 3.67. The number of ether oxygens (including phenoxy) is 3. The second-order valence-corrected chi connectivity index (χ2v) is 6.40.